The van der Waals surface area contributed by atoms with Gasteiger partial charge in [0.05, 0.1) is 5.52 Å². The molecule has 3 aromatic rings. The molecule has 0 unspecified atom stereocenters. The molecule has 0 amide bonds. The lowest BCUT2D eigenvalue weighted by Crippen LogP contribution is -2.25. The standard InChI is InChI=1S/C15H13ClN6S/c1-9(13-19-12-3-2-8-17-14(12)20-13)21-22-15(23)18-11-6-4-10(16)5-7-11/h2-8H,1H3,(H,17,19,20)(H2,18,22,23)/b21-9+. The van der Waals surface area contributed by atoms with Gasteiger partial charge in [0.15, 0.2) is 16.6 Å². The number of pyridine rings is 1. The number of aromatic nitrogens is 3. The molecule has 0 aliphatic heterocycles. The Labute approximate surface area is 143 Å². The molecule has 0 aliphatic rings. The number of H-pyrrole nitrogens is 1. The van der Waals surface area contributed by atoms with Crippen LogP contribution in [0.1, 0.15) is 12.7 Å². The highest BCUT2D eigenvalue weighted by Gasteiger charge is 2.06. The van der Waals surface area contributed by atoms with Crippen LogP contribution >= 0.6 is 23.8 Å². The molecule has 0 saturated carbocycles. The molecule has 6 nitrogen and oxygen atoms in total. The van der Waals surface area contributed by atoms with E-state index in [0.29, 0.717) is 27.3 Å². The van der Waals surface area contributed by atoms with E-state index in [-0.39, 0.29) is 0 Å². The number of nitrogens with one attached hydrogen (secondary N) is 3. The van der Waals surface area contributed by atoms with E-state index in [9.17, 15) is 0 Å². The van der Waals surface area contributed by atoms with Crippen molar-refractivity contribution in [3.63, 3.8) is 0 Å². The van der Waals surface area contributed by atoms with Crippen LogP contribution in [-0.4, -0.2) is 25.8 Å². The monoisotopic (exact) mass is 344 g/mol. The summed E-state index contributed by atoms with van der Waals surface area (Å²) in [5.41, 5.74) is 5.79. The number of rotatable bonds is 3. The molecular formula is C15H13ClN6S. The largest absolute Gasteiger partial charge is 0.336 e. The van der Waals surface area contributed by atoms with E-state index in [1.54, 1.807) is 18.3 Å². The number of aromatic amines is 1. The van der Waals surface area contributed by atoms with Gasteiger partial charge in [0.25, 0.3) is 0 Å². The first-order chi connectivity index (χ1) is 11.1. The smallest absolute Gasteiger partial charge is 0.191 e. The molecule has 0 atom stereocenters. The van der Waals surface area contributed by atoms with Crippen molar-refractivity contribution in [2.75, 3.05) is 5.32 Å². The van der Waals surface area contributed by atoms with Crippen molar-refractivity contribution in [1.29, 1.82) is 0 Å². The molecule has 0 fully saturated rings. The molecule has 23 heavy (non-hydrogen) atoms. The Morgan fingerprint density at radius 1 is 1.26 bits per heavy atom. The Kier molecular flexibility index (Phi) is 4.50. The minimum absolute atomic E-state index is 0.376. The molecule has 3 rings (SSSR count). The summed E-state index contributed by atoms with van der Waals surface area (Å²) in [6.45, 7) is 1.83. The van der Waals surface area contributed by atoms with Crippen LogP contribution < -0.4 is 10.7 Å². The molecule has 8 heteroatoms. The van der Waals surface area contributed by atoms with Gasteiger partial charge < -0.3 is 10.3 Å². The van der Waals surface area contributed by atoms with E-state index >= 15 is 0 Å². The SMILES string of the molecule is C/C(=N\NC(=S)Nc1ccc(Cl)cc1)c1nc2ncccc2[nH]1. The second-order valence-electron chi connectivity index (χ2n) is 4.73. The van der Waals surface area contributed by atoms with Crippen molar-refractivity contribution in [2.24, 2.45) is 5.10 Å². The van der Waals surface area contributed by atoms with Gasteiger partial charge in [-0.25, -0.2) is 9.97 Å². The Hall–Kier alpha value is -2.51. The van der Waals surface area contributed by atoms with Crippen molar-refractivity contribution in [3.05, 3.63) is 53.4 Å². The molecule has 1 aromatic carbocycles. The van der Waals surface area contributed by atoms with Crippen LogP contribution in [0.2, 0.25) is 5.02 Å². The van der Waals surface area contributed by atoms with E-state index in [0.717, 1.165) is 11.2 Å². The van der Waals surface area contributed by atoms with Gasteiger partial charge in [-0.3, -0.25) is 5.43 Å². The van der Waals surface area contributed by atoms with E-state index < -0.39 is 0 Å². The third-order valence-corrected chi connectivity index (χ3v) is 3.47. The summed E-state index contributed by atoms with van der Waals surface area (Å²) in [6.07, 6.45) is 1.70. The summed E-state index contributed by atoms with van der Waals surface area (Å²) in [5.74, 6) is 0.639. The zero-order chi connectivity index (χ0) is 16.2. The number of anilines is 1. The van der Waals surface area contributed by atoms with Crippen molar-refractivity contribution >= 4 is 51.5 Å². The lowest BCUT2D eigenvalue weighted by molar-refractivity contribution is 1.03. The number of hydrazone groups is 1. The number of benzene rings is 1. The van der Waals surface area contributed by atoms with E-state index in [2.05, 4.69) is 30.8 Å². The third kappa shape index (κ3) is 3.82. The van der Waals surface area contributed by atoms with Crippen molar-refractivity contribution in [1.82, 2.24) is 20.4 Å². The fourth-order valence-corrected chi connectivity index (χ4v) is 2.19. The second kappa shape index (κ2) is 6.72. The first-order valence-corrected chi connectivity index (χ1v) is 7.58. The van der Waals surface area contributed by atoms with Crippen LogP contribution in [0.5, 0.6) is 0 Å². The summed E-state index contributed by atoms with van der Waals surface area (Å²) < 4.78 is 0. The van der Waals surface area contributed by atoms with Crippen LogP contribution in [0.3, 0.4) is 0 Å². The molecule has 116 valence electrons. The minimum Gasteiger partial charge on any atom is -0.336 e. The molecule has 0 bridgehead atoms. The maximum absolute atomic E-state index is 5.84. The van der Waals surface area contributed by atoms with Crippen LogP contribution in [-0.2, 0) is 0 Å². The van der Waals surface area contributed by atoms with Crippen LogP contribution in [0, 0.1) is 0 Å². The Morgan fingerprint density at radius 2 is 2.04 bits per heavy atom. The van der Waals surface area contributed by atoms with Gasteiger partial charge in [-0.15, -0.1) is 0 Å². The van der Waals surface area contributed by atoms with Gasteiger partial charge in [0.1, 0.15) is 5.71 Å². The van der Waals surface area contributed by atoms with E-state index in [1.807, 2.05) is 31.2 Å². The topological polar surface area (TPSA) is 78.0 Å². The van der Waals surface area contributed by atoms with Crippen molar-refractivity contribution in [2.45, 2.75) is 6.92 Å². The van der Waals surface area contributed by atoms with E-state index in [1.165, 1.54) is 0 Å². The quantitative estimate of drug-likeness (QED) is 0.386. The van der Waals surface area contributed by atoms with Crippen molar-refractivity contribution < 1.29 is 0 Å². The van der Waals surface area contributed by atoms with Gasteiger partial charge in [0, 0.05) is 16.9 Å². The summed E-state index contributed by atoms with van der Waals surface area (Å²) in [4.78, 5) is 11.7. The average molecular weight is 345 g/mol. The zero-order valence-electron chi connectivity index (χ0n) is 12.2. The number of hydrogen-bond donors (Lipinski definition) is 3. The van der Waals surface area contributed by atoms with Crippen molar-refractivity contribution in [3.8, 4) is 0 Å². The zero-order valence-corrected chi connectivity index (χ0v) is 13.7. The lowest BCUT2D eigenvalue weighted by Gasteiger charge is -2.07. The highest BCUT2D eigenvalue weighted by molar-refractivity contribution is 7.80. The maximum atomic E-state index is 5.84. The number of thiocarbonyl (C=S) groups is 1. The molecule has 0 saturated heterocycles. The average Bonchev–Trinajstić information content (AvgIpc) is 2.99. The Morgan fingerprint density at radius 3 is 2.78 bits per heavy atom. The van der Waals surface area contributed by atoms with Gasteiger partial charge in [-0.1, -0.05) is 11.6 Å². The Bertz CT molecular complexity index is 838. The molecule has 0 radical (unpaired) electrons. The molecular weight excluding hydrogens is 332 g/mol. The summed E-state index contributed by atoms with van der Waals surface area (Å²) in [6, 6.07) is 11.0. The third-order valence-electron chi connectivity index (χ3n) is 3.03. The molecule has 0 aliphatic carbocycles. The maximum Gasteiger partial charge on any atom is 0.191 e. The predicted molar refractivity (Wildman–Crippen MR) is 96.9 cm³/mol. The summed E-state index contributed by atoms with van der Waals surface area (Å²) in [7, 11) is 0. The first kappa shape index (κ1) is 15.4. The number of halogens is 1. The number of hydrogen-bond acceptors (Lipinski definition) is 4. The highest BCUT2D eigenvalue weighted by Crippen LogP contribution is 2.13. The highest BCUT2D eigenvalue weighted by atomic mass is 35.5. The molecule has 2 heterocycles. The van der Waals surface area contributed by atoms with Gasteiger partial charge in [-0.2, -0.15) is 5.10 Å². The fourth-order valence-electron chi connectivity index (χ4n) is 1.90. The summed E-state index contributed by atoms with van der Waals surface area (Å²) in [5, 5.41) is 8.28. The number of nitrogens with zero attached hydrogens (tertiary/aromatic N) is 3. The van der Waals surface area contributed by atoms with Gasteiger partial charge in [-0.05, 0) is 55.5 Å². The fraction of sp³-hybridized carbons (Fsp3) is 0.0667. The van der Waals surface area contributed by atoms with Gasteiger partial charge in [0.2, 0.25) is 0 Å². The minimum atomic E-state index is 0.376. The van der Waals surface area contributed by atoms with Gasteiger partial charge >= 0.3 is 0 Å². The lowest BCUT2D eigenvalue weighted by atomic mass is 10.3. The molecule has 2 aromatic heterocycles. The normalized spacial score (nSPS) is 11.5. The Balaban J connectivity index is 1.66. The summed E-state index contributed by atoms with van der Waals surface area (Å²) >= 11 is 11.0. The van der Waals surface area contributed by atoms with Crippen LogP contribution in [0.15, 0.2) is 47.7 Å². The van der Waals surface area contributed by atoms with Crippen LogP contribution in [0.4, 0.5) is 5.69 Å². The van der Waals surface area contributed by atoms with Crippen LogP contribution in [0.25, 0.3) is 11.2 Å². The molecule has 0 spiro atoms. The molecule has 3 N–H and O–H groups in total. The number of fused-ring (bicyclic) bond motifs is 1. The number of imidazole rings is 1. The second-order valence-corrected chi connectivity index (χ2v) is 5.57. The van der Waals surface area contributed by atoms with E-state index in [4.69, 9.17) is 23.8 Å². The first-order valence-electron chi connectivity index (χ1n) is 6.80. The predicted octanol–water partition coefficient (Wildman–Crippen LogP) is 3.32.